The molecule has 30 heavy (non-hydrogen) atoms. The van der Waals surface area contributed by atoms with Gasteiger partial charge in [0.05, 0.1) is 18.5 Å². The highest BCUT2D eigenvalue weighted by Gasteiger charge is 2.14. The molecule has 9 heteroatoms. The molecule has 0 aliphatic rings. The average molecular weight is 417 g/mol. The molecule has 5 aromatic rings. The van der Waals surface area contributed by atoms with E-state index in [9.17, 15) is 4.79 Å². The second-order valence-electron chi connectivity index (χ2n) is 6.59. The molecule has 4 aromatic heterocycles. The summed E-state index contributed by atoms with van der Waals surface area (Å²) in [5.41, 5.74) is 2.41. The first-order valence-electron chi connectivity index (χ1n) is 9.17. The molecule has 0 saturated heterocycles. The van der Waals surface area contributed by atoms with Crippen LogP contribution in [0.15, 0.2) is 79.3 Å². The van der Waals surface area contributed by atoms with Gasteiger partial charge >= 0.3 is 0 Å². The third kappa shape index (κ3) is 3.83. The molecule has 0 radical (unpaired) electrons. The zero-order chi connectivity index (χ0) is 20.3. The van der Waals surface area contributed by atoms with Gasteiger partial charge in [-0.05, 0) is 23.1 Å². The second kappa shape index (κ2) is 7.88. The Morgan fingerprint density at radius 2 is 1.83 bits per heavy atom. The third-order valence-corrected chi connectivity index (χ3v) is 5.14. The Kier molecular flexibility index (Phi) is 4.78. The van der Waals surface area contributed by atoms with Gasteiger partial charge in [-0.2, -0.15) is 21.3 Å². The number of hydrogen-bond donors (Lipinski definition) is 0. The molecule has 0 fully saturated rings. The minimum atomic E-state index is -0.189. The van der Waals surface area contributed by atoms with Crippen LogP contribution in [0.1, 0.15) is 17.3 Å². The maximum Gasteiger partial charge on any atom is 0.259 e. The number of nitrogens with zero attached hydrogens (tertiary/aromatic N) is 5. The van der Waals surface area contributed by atoms with Gasteiger partial charge in [0.15, 0.2) is 5.82 Å². The van der Waals surface area contributed by atoms with Crippen LogP contribution in [0.25, 0.3) is 22.8 Å². The highest BCUT2D eigenvalue weighted by Crippen LogP contribution is 2.23. The van der Waals surface area contributed by atoms with E-state index in [1.165, 1.54) is 10.6 Å². The molecule has 0 saturated carbocycles. The van der Waals surface area contributed by atoms with Crippen LogP contribution in [0, 0.1) is 0 Å². The van der Waals surface area contributed by atoms with Gasteiger partial charge in [0.25, 0.3) is 11.4 Å². The van der Waals surface area contributed by atoms with E-state index in [1.54, 1.807) is 23.6 Å². The van der Waals surface area contributed by atoms with Crippen LogP contribution in [-0.2, 0) is 13.0 Å². The first-order valence-corrected chi connectivity index (χ1v) is 10.1. The van der Waals surface area contributed by atoms with Crippen LogP contribution >= 0.6 is 11.3 Å². The molecule has 0 spiro atoms. The molecule has 0 aliphatic heterocycles. The summed E-state index contributed by atoms with van der Waals surface area (Å²) in [5.74, 6) is 1.76. The Balaban J connectivity index is 1.36. The van der Waals surface area contributed by atoms with Crippen LogP contribution in [0.5, 0.6) is 0 Å². The molecule has 5 rings (SSSR count). The van der Waals surface area contributed by atoms with Crippen molar-refractivity contribution in [1.29, 1.82) is 0 Å². The summed E-state index contributed by atoms with van der Waals surface area (Å²) >= 11 is 1.56. The predicted octanol–water partition coefficient (Wildman–Crippen LogP) is 3.65. The van der Waals surface area contributed by atoms with Gasteiger partial charge in [0, 0.05) is 23.2 Å². The molecular weight excluding hydrogens is 402 g/mol. The van der Waals surface area contributed by atoms with Gasteiger partial charge in [0.1, 0.15) is 0 Å². The van der Waals surface area contributed by atoms with Gasteiger partial charge in [-0.15, -0.1) is 0 Å². The molecule has 0 N–H and O–H groups in total. The van der Waals surface area contributed by atoms with E-state index < -0.39 is 0 Å². The minimum Gasteiger partial charge on any atom is -0.339 e. The van der Waals surface area contributed by atoms with Gasteiger partial charge < -0.3 is 13.6 Å². The number of aromatic nitrogens is 5. The predicted molar refractivity (Wildman–Crippen MR) is 110 cm³/mol. The Morgan fingerprint density at radius 1 is 0.933 bits per heavy atom. The van der Waals surface area contributed by atoms with Crippen molar-refractivity contribution >= 4 is 11.3 Å². The number of hydrogen-bond acceptors (Lipinski definition) is 8. The molecule has 0 bridgehead atoms. The van der Waals surface area contributed by atoms with Crippen molar-refractivity contribution in [2.24, 2.45) is 0 Å². The van der Waals surface area contributed by atoms with Crippen LogP contribution in [0.3, 0.4) is 0 Å². The van der Waals surface area contributed by atoms with Crippen molar-refractivity contribution in [3.63, 3.8) is 0 Å². The van der Waals surface area contributed by atoms with E-state index in [1.807, 2.05) is 47.2 Å². The lowest BCUT2D eigenvalue weighted by Crippen LogP contribution is -2.19. The molecule has 0 unspecified atom stereocenters. The highest BCUT2D eigenvalue weighted by atomic mass is 32.1. The number of pyridine rings is 1. The van der Waals surface area contributed by atoms with Gasteiger partial charge in [-0.3, -0.25) is 4.79 Å². The van der Waals surface area contributed by atoms with Gasteiger partial charge in [-0.1, -0.05) is 40.6 Å². The number of rotatable bonds is 6. The topological polar surface area (TPSA) is 99.8 Å². The van der Waals surface area contributed by atoms with Crippen LogP contribution in [0.2, 0.25) is 0 Å². The number of benzene rings is 1. The SMILES string of the molecule is O=c1ccc(-c2nc(-c3ccsc3)no2)cn1Cc1noc(Cc2ccccc2)n1. The molecular formula is C21H15N5O3S. The summed E-state index contributed by atoms with van der Waals surface area (Å²) in [6, 6.07) is 14.9. The monoisotopic (exact) mass is 417 g/mol. The molecule has 1 aromatic carbocycles. The number of thiophene rings is 1. The summed E-state index contributed by atoms with van der Waals surface area (Å²) < 4.78 is 12.2. The maximum atomic E-state index is 12.3. The van der Waals surface area contributed by atoms with Crippen molar-refractivity contribution in [2.75, 3.05) is 0 Å². The smallest absolute Gasteiger partial charge is 0.259 e. The summed E-state index contributed by atoms with van der Waals surface area (Å²) in [6.45, 7) is 0.177. The summed E-state index contributed by atoms with van der Waals surface area (Å²) in [6.07, 6.45) is 2.19. The van der Waals surface area contributed by atoms with Crippen LogP contribution in [0.4, 0.5) is 0 Å². The summed E-state index contributed by atoms with van der Waals surface area (Å²) in [7, 11) is 0. The zero-order valence-corrected chi connectivity index (χ0v) is 16.5. The standard InChI is InChI=1S/C21H15N5O3S/c27-19-7-6-15(21-23-20(25-29-21)16-8-9-30-13-16)11-26(19)12-17-22-18(28-24-17)10-14-4-2-1-3-5-14/h1-9,11,13H,10,12H2. The van der Waals surface area contributed by atoms with Gasteiger partial charge in [-0.25, -0.2) is 0 Å². The van der Waals surface area contributed by atoms with Crippen LogP contribution < -0.4 is 5.56 Å². The van der Waals surface area contributed by atoms with Gasteiger partial charge in [0.2, 0.25) is 11.7 Å². The zero-order valence-electron chi connectivity index (χ0n) is 15.6. The first kappa shape index (κ1) is 18.2. The lowest BCUT2D eigenvalue weighted by Gasteiger charge is -2.03. The highest BCUT2D eigenvalue weighted by molar-refractivity contribution is 7.08. The Hall–Kier alpha value is -3.85. The van der Waals surface area contributed by atoms with E-state index in [0.29, 0.717) is 35.4 Å². The Morgan fingerprint density at radius 3 is 2.67 bits per heavy atom. The van der Waals surface area contributed by atoms with Crippen molar-refractivity contribution < 1.29 is 9.05 Å². The minimum absolute atomic E-state index is 0.177. The molecule has 148 valence electrons. The van der Waals surface area contributed by atoms with E-state index in [-0.39, 0.29) is 12.1 Å². The van der Waals surface area contributed by atoms with Crippen molar-refractivity contribution in [2.45, 2.75) is 13.0 Å². The quantitative estimate of drug-likeness (QED) is 0.416. The van der Waals surface area contributed by atoms with E-state index in [4.69, 9.17) is 9.05 Å². The molecule has 0 aliphatic carbocycles. The van der Waals surface area contributed by atoms with Crippen molar-refractivity contribution in [3.8, 4) is 22.8 Å². The normalized spacial score (nSPS) is 11.1. The second-order valence-corrected chi connectivity index (χ2v) is 7.37. The third-order valence-electron chi connectivity index (χ3n) is 4.46. The average Bonchev–Trinajstić information content (AvgIpc) is 3.52. The van der Waals surface area contributed by atoms with E-state index in [2.05, 4.69) is 20.3 Å². The summed E-state index contributed by atoms with van der Waals surface area (Å²) in [4.78, 5) is 21.1. The lowest BCUT2D eigenvalue weighted by molar-refractivity contribution is 0.378. The van der Waals surface area contributed by atoms with Crippen molar-refractivity contribution in [3.05, 3.63) is 93.1 Å². The van der Waals surface area contributed by atoms with E-state index >= 15 is 0 Å². The van der Waals surface area contributed by atoms with Crippen LogP contribution in [-0.4, -0.2) is 24.8 Å². The largest absolute Gasteiger partial charge is 0.339 e. The molecule has 4 heterocycles. The molecule has 0 atom stereocenters. The van der Waals surface area contributed by atoms with E-state index in [0.717, 1.165) is 11.1 Å². The Bertz CT molecular complexity index is 1320. The summed E-state index contributed by atoms with van der Waals surface area (Å²) in [5, 5.41) is 11.9. The Labute approximate surface area is 174 Å². The fraction of sp³-hybridized carbons (Fsp3) is 0.0952. The van der Waals surface area contributed by atoms with Crippen molar-refractivity contribution in [1.82, 2.24) is 24.8 Å². The maximum absolute atomic E-state index is 12.3. The molecule has 0 amide bonds. The fourth-order valence-corrected chi connectivity index (χ4v) is 3.61. The fourth-order valence-electron chi connectivity index (χ4n) is 2.98. The molecule has 8 nitrogen and oxygen atoms in total. The first-order chi connectivity index (χ1) is 14.7. The lowest BCUT2D eigenvalue weighted by atomic mass is 10.1.